The minimum Gasteiger partial charge on any atom is -0.463 e. The highest BCUT2D eigenvalue weighted by Crippen LogP contribution is 2.47. The summed E-state index contributed by atoms with van der Waals surface area (Å²) in [6.45, 7) is 4.56. The van der Waals surface area contributed by atoms with Crippen LogP contribution in [-0.2, 0) is 14.1 Å². The fourth-order valence-corrected chi connectivity index (χ4v) is 3.93. The van der Waals surface area contributed by atoms with Gasteiger partial charge in [-0.25, -0.2) is 17.7 Å². The van der Waals surface area contributed by atoms with Gasteiger partial charge in [0.25, 0.3) is 0 Å². The number of halogens is 5. The van der Waals surface area contributed by atoms with E-state index in [0.717, 1.165) is 0 Å². The second-order valence-corrected chi connectivity index (χ2v) is 8.28. The van der Waals surface area contributed by atoms with Gasteiger partial charge in [0, 0.05) is 6.04 Å². The molecule has 0 aliphatic heterocycles. The molecule has 0 aromatic heterocycles. The topological polar surface area (TPSA) is 73.9 Å². The van der Waals surface area contributed by atoms with E-state index in [4.69, 9.17) is 13.8 Å². The Hall–Kier alpha value is -2.65. The van der Waals surface area contributed by atoms with Gasteiger partial charge in [-0.3, -0.25) is 4.79 Å². The van der Waals surface area contributed by atoms with Crippen molar-refractivity contribution in [3.05, 3.63) is 59.4 Å². The summed E-state index contributed by atoms with van der Waals surface area (Å²) < 4.78 is 96.4. The summed E-state index contributed by atoms with van der Waals surface area (Å²) >= 11 is 0. The fraction of sp³-hybridized carbons (Fsp3) is 0.316. The van der Waals surface area contributed by atoms with E-state index in [9.17, 15) is 31.3 Å². The number of nitrogens with one attached hydrogen (secondary N) is 1. The van der Waals surface area contributed by atoms with Crippen molar-refractivity contribution in [1.29, 1.82) is 0 Å². The van der Waals surface area contributed by atoms with Gasteiger partial charge >= 0.3 is 13.7 Å². The zero-order chi connectivity index (χ0) is 23.3. The van der Waals surface area contributed by atoms with Gasteiger partial charge in [0.2, 0.25) is 34.8 Å². The van der Waals surface area contributed by atoms with Crippen molar-refractivity contribution >= 4 is 13.7 Å². The molecule has 2 rings (SSSR count). The quantitative estimate of drug-likeness (QED) is 0.178. The van der Waals surface area contributed by atoms with E-state index in [1.54, 1.807) is 19.9 Å². The third-order valence-corrected chi connectivity index (χ3v) is 5.20. The number of hydrogen-bond donors (Lipinski definition) is 1. The highest BCUT2D eigenvalue weighted by molar-refractivity contribution is 7.52. The van der Waals surface area contributed by atoms with Gasteiger partial charge in [-0.05, 0) is 32.9 Å². The number of hydrogen-bond acceptors (Lipinski definition) is 5. The molecular weight excluding hydrogens is 448 g/mol. The molecule has 0 radical (unpaired) electrons. The van der Waals surface area contributed by atoms with Crippen molar-refractivity contribution in [3.8, 4) is 11.5 Å². The zero-order valence-electron chi connectivity index (χ0n) is 16.6. The molecule has 1 N–H and O–H groups in total. The van der Waals surface area contributed by atoms with Crippen LogP contribution >= 0.6 is 7.75 Å². The predicted molar refractivity (Wildman–Crippen MR) is 100.0 cm³/mol. The summed E-state index contributed by atoms with van der Waals surface area (Å²) in [5, 5.41) is 2.24. The lowest BCUT2D eigenvalue weighted by Gasteiger charge is -2.24. The average Bonchev–Trinajstić information content (AvgIpc) is 2.68. The van der Waals surface area contributed by atoms with E-state index in [2.05, 4.69) is 5.09 Å². The third-order valence-electron chi connectivity index (χ3n) is 3.57. The monoisotopic (exact) mass is 467 g/mol. The van der Waals surface area contributed by atoms with E-state index in [0.29, 0.717) is 0 Å². The number of benzene rings is 2. The number of esters is 1. The molecule has 0 aliphatic rings. The number of para-hydroxylation sites is 1. The zero-order valence-corrected chi connectivity index (χ0v) is 17.5. The minimum absolute atomic E-state index is 0.0980. The highest BCUT2D eigenvalue weighted by Gasteiger charge is 2.37. The van der Waals surface area contributed by atoms with Crippen molar-refractivity contribution in [1.82, 2.24) is 5.09 Å². The lowest BCUT2D eigenvalue weighted by Crippen LogP contribution is -2.31. The first-order valence-corrected chi connectivity index (χ1v) is 10.5. The first kappa shape index (κ1) is 24.6. The Kier molecular flexibility index (Phi) is 8.02. The molecule has 1 unspecified atom stereocenters. The van der Waals surface area contributed by atoms with Crippen LogP contribution in [0.1, 0.15) is 27.2 Å². The molecule has 170 valence electrons. The predicted octanol–water partition coefficient (Wildman–Crippen LogP) is 5.27. The van der Waals surface area contributed by atoms with Crippen molar-refractivity contribution in [3.63, 3.8) is 0 Å². The van der Waals surface area contributed by atoms with Gasteiger partial charge < -0.3 is 13.8 Å². The molecule has 0 saturated heterocycles. The van der Waals surface area contributed by atoms with E-state index >= 15 is 0 Å². The van der Waals surface area contributed by atoms with Gasteiger partial charge in [-0.1, -0.05) is 18.2 Å². The van der Waals surface area contributed by atoms with Gasteiger partial charge in [0.1, 0.15) is 5.75 Å². The van der Waals surface area contributed by atoms with Crippen LogP contribution in [0.3, 0.4) is 0 Å². The molecule has 2 atom stereocenters. The molecule has 0 amide bonds. The molecule has 0 aliphatic carbocycles. The molecule has 0 fully saturated rings. The maximum absolute atomic E-state index is 14.0. The standard InChI is InChI=1S/C19H19F5NO5P/c1-10(2)28-13(26)9-11(3)25-31(27,29-12-7-5-4-6-8-12)30-19-17(23)15(21)14(20)16(22)18(19)24/h4-8,10-11H,9H2,1-3H3,(H,25,27)/t11-,31?/m1/s1. The van der Waals surface area contributed by atoms with E-state index in [1.165, 1.54) is 31.2 Å². The molecule has 0 spiro atoms. The average molecular weight is 467 g/mol. The molecule has 2 aromatic rings. The lowest BCUT2D eigenvalue weighted by molar-refractivity contribution is -0.147. The highest BCUT2D eigenvalue weighted by atomic mass is 31.2. The van der Waals surface area contributed by atoms with Crippen LogP contribution in [0.2, 0.25) is 0 Å². The van der Waals surface area contributed by atoms with Crippen LogP contribution in [0, 0.1) is 29.1 Å². The Balaban J connectivity index is 2.37. The molecule has 0 bridgehead atoms. The molecular formula is C19H19F5NO5P. The minimum atomic E-state index is -4.81. The summed E-state index contributed by atoms with van der Waals surface area (Å²) in [4.78, 5) is 11.8. The summed E-state index contributed by atoms with van der Waals surface area (Å²) in [6.07, 6.45) is -0.794. The maximum Gasteiger partial charge on any atom is 0.513 e. The van der Waals surface area contributed by atoms with Crippen LogP contribution < -0.4 is 14.1 Å². The second-order valence-electron chi connectivity index (χ2n) is 6.67. The molecule has 6 nitrogen and oxygen atoms in total. The summed E-state index contributed by atoms with van der Waals surface area (Å²) in [6, 6.07) is 6.16. The SMILES string of the molecule is CC(C)OC(=O)C[C@@H](C)NP(=O)(Oc1ccccc1)Oc1c(F)c(F)c(F)c(F)c1F. The van der Waals surface area contributed by atoms with Crippen molar-refractivity contribution in [2.24, 2.45) is 0 Å². The van der Waals surface area contributed by atoms with Crippen LogP contribution in [0.5, 0.6) is 11.5 Å². The normalized spacial score (nSPS) is 14.1. The molecule has 0 saturated carbocycles. The first-order chi connectivity index (χ1) is 14.4. The largest absolute Gasteiger partial charge is 0.513 e. The van der Waals surface area contributed by atoms with Gasteiger partial charge in [-0.2, -0.15) is 13.9 Å². The van der Waals surface area contributed by atoms with Crippen molar-refractivity contribution in [2.75, 3.05) is 0 Å². The smallest absolute Gasteiger partial charge is 0.463 e. The molecule has 12 heteroatoms. The molecule has 31 heavy (non-hydrogen) atoms. The van der Waals surface area contributed by atoms with E-state index < -0.39 is 60.7 Å². The Bertz CT molecular complexity index is 960. The third kappa shape index (κ3) is 6.41. The number of carbonyl (C=O) groups is 1. The number of ether oxygens (including phenoxy) is 1. The first-order valence-electron chi connectivity index (χ1n) is 8.96. The Morgan fingerprint density at radius 2 is 1.42 bits per heavy atom. The number of carbonyl (C=O) groups excluding carboxylic acids is 1. The Morgan fingerprint density at radius 1 is 0.903 bits per heavy atom. The van der Waals surface area contributed by atoms with E-state index in [1.807, 2.05) is 0 Å². The van der Waals surface area contributed by atoms with Gasteiger partial charge in [-0.15, -0.1) is 0 Å². The van der Waals surface area contributed by atoms with Crippen LogP contribution in [0.25, 0.3) is 0 Å². The summed E-state index contributed by atoms with van der Waals surface area (Å²) in [7, 11) is -4.81. The van der Waals surface area contributed by atoms with Gasteiger partial charge in [0.05, 0.1) is 12.5 Å². The second kappa shape index (κ2) is 10.1. The van der Waals surface area contributed by atoms with Crippen LogP contribution in [-0.4, -0.2) is 18.1 Å². The van der Waals surface area contributed by atoms with Crippen molar-refractivity contribution in [2.45, 2.75) is 39.3 Å². The Labute approximate surface area is 174 Å². The molecule has 0 heterocycles. The van der Waals surface area contributed by atoms with Gasteiger partial charge in [0.15, 0.2) is 0 Å². The lowest BCUT2D eigenvalue weighted by atomic mass is 10.2. The Morgan fingerprint density at radius 3 is 1.94 bits per heavy atom. The van der Waals surface area contributed by atoms with Crippen LogP contribution in [0.4, 0.5) is 22.0 Å². The number of rotatable bonds is 9. The molecule has 2 aromatic carbocycles. The van der Waals surface area contributed by atoms with E-state index in [-0.39, 0.29) is 12.2 Å². The maximum atomic E-state index is 14.0. The summed E-state index contributed by atoms with van der Waals surface area (Å²) in [5.41, 5.74) is 0. The van der Waals surface area contributed by atoms with Crippen molar-refractivity contribution < 1.29 is 45.1 Å². The van der Waals surface area contributed by atoms with Crippen LogP contribution in [0.15, 0.2) is 30.3 Å². The summed E-state index contributed by atoms with van der Waals surface area (Å²) in [5.74, 6) is -14.2. The fourth-order valence-electron chi connectivity index (χ4n) is 2.35.